The normalized spacial score (nSPS) is 15.4. The highest BCUT2D eigenvalue weighted by Gasteiger charge is 2.30. The first-order chi connectivity index (χ1) is 15.3. The molecule has 1 amide bonds. The zero-order valence-corrected chi connectivity index (χ0v) is 19.0. The van der Waals surface area contributed by atoms with Crippen molar-refractivity contribution in [3.05, 3.63) is 83.7 Å². The third kappa shape index (κ3) is 4.66. The molecule has 2 aromatic carbocycles. The number of benzene rings is 2. The predicted molar refractivity (Wildman–Crippen MR) is 124 cm³/mol. The molecule has 1 fully saturated rings. The summed E-state index contributed by atoms with van der Waals surface area (Å²) in [5.74, 6) is -0.138. The van der Waals surface area contributed by atoms with E-state index in [2.05, 4.69) is 5.10 Å². The van der Waals surface area contributed by atoms with E-state index in [9.17, 15) is 13.2 Å². The van der Waals surface area contributed by atoms with Crippen LogP contribution in [0.25, 0.3) is 11.8 Å². The summed E-state index contributed by atoms with van der Waals surface area (Å²) >= 11 is 0. The van der Waals surface area contributed by atoms with Gasteiger partial charge >= 0.3 is 0 Å². The topological polar surface area (TPSA) is 75.5 Å². The first kappa shape index (κ1) is 22.0. The quantitative estimate of drug-likeness (QED) is 0.560. The van der Waals surface area contributed by atoms with Gasteiger partial charge in [0.25, 0.3) is 0 Å². The van der Waals surface area contributed by atoms with Crippen LogP contribution in [0.4, 0.5) is 0 Å². The van der Waals surface area contributed by atoms with Crippen LogP contribution in [-0.2, 0) is 14.8 Å². The number of aromatic nitrogens is 2. The summed E-state index contributed by atoms with van der Waals surface area (Å²) in [5.41, 5.74) is 3.40. The molecule has 166 valence electrons. The molecule has 1 saturated heterocycles. The van der Waals surface area contributed by atoms with Gasteiger partial charge in [-0.3, -0.25) is 4.79 Å². The van der Waals surface area contributed by atoms with Gasteiger partial charge < -0.3 is 4.90 Å². The Bertz CT molecular complexity index is 1240. The Balaban J connectivity index is 1.38. The molecule has 0 N–H and O–H groups in total. The van der Waals surface area contributed by atoms with Crippen LogP contribution in [0.2, 0.25) is 0 Å². The first-order valence-corrected chi connectivity index (χ1v) is 11.9. The van der Waals surface area contributed by atoms with E-state index in [1.807, 2.05) is 55.6 Å². The van der Waals surface area contributed by atoms with Crippen LogP contribution < -0.4 is 0 Å². The maximum Gasteiger partial charge on any atom is 0.246 e. The number of carbonyl (C=O) groups is 1. The van der Waals surface area contributed by atoms with Crippen LogP contribution in [0.15, 0.2) is 71.9 Å². The molecule has 0 aliphatic carbocycles. The van der Waals surface area contributed by atoms with Crippen LogP contribution in [0, 0.1) is 13.8 Å². The minimum atomic E-state index is -3.58. The van der Waals surface area contributed by atoms with Crippen molar-refractivity contribution in [2.75, 3.05) is 26.2 Å². The predicted octanol–water partition coefficient (Wildman–Crippen LogP) is 3.04. The molecule has 3 aromatic rings. The molecule has 0 saturated carbocycles. The van der Waals surface area contributed by atoms with Crippen LogP contribution >= 0.6 is 0 Å². The van der Waals surface area contributed by atoms with Gasteiger partial charge in [-0.2, -0.15) is 9.40 Å². The molecule has 2 heterocycles. The van der Waals surface area contributed by atoms with Crippen molar-refractivity contribution in [1.29, 1.82) is 0 Å². The zero-order valence-electron chi connectivity index (χ0n) is 18.2. The molecule has 0 atom stereocenters. The second-order valence-electron chi connectivity index (χ2n) is 7.89. The van der Waals surface area contributed by atoms with Gasteiger partial charge in [-0.05, 0) is 49.2 Å². The highest BCUT2D eigenvalue weighted by molar-refractivity contribution is 7.89. The molecule has 0 bridgehead atoms. The van der Waals surface area contributed by atoms with E-state index >= 15 is 0 Å². The van der Waals surface area contributed by atoms with Gasteiger partial charge in [0.05, 0.1) is 16.8 Å². The van der Waals surface area contributed by atoms with Gasteiger partial charge in [0.15, 0.2) is 0 Å². The Morgan fingerprint density at radius 2 is 1.72 bits per heavy atom. The largest absolute Gasteiger partial charge is 0.337 e. The molecule has 8 heteroatoms. The van der Waals surface area contributed by atoms with Gasteiger partial charge in [0.1, 0.15) is 0 Å². The molecule has 1 aromatic heterocycles. The lowest BCUT2D eigenvalue weighted by molar-refractivity contribution is -0.127. The van der Waals surface area contributed by atoms with E-state index in [0.29, 0.717) is 18.0 Å². The molecule has 0 spiro atoms. The van der Waals surface area contributed by atoms with E-state index in [0.717, 1.165) is 22.4 Å². The molecule has 1 aliphatic heterocycles. The first-order valence-electron chi connectivity index (χ1n) is 10.5. The van der Waals surface area contributed by atoms with Crippen LogP contribution in [-0.4, -0.2) is 59.5 Å². The van der Waals surface area contributed by atoms with Gasteiger partial charge in [-0.25, -0.2) is 13.1 Å². The lowest BCUT2D eigenvalue weighted by atomic mass is 10.2. The number of hydrogen-bond donors (Lipinski definition) is 0. The second kappa shape index (κ2) is 9.10. The summed E-state index contributed by atoms with van der Waals surface area (Å²) in [4.78, 5) is 14.6. The van der Waals surface area contributed by atoms with E-state index in [-0.39, 0.29) is 19.0 Å². The monoisotopic (exact) mass is 450 g/mol. The number of piperazine rings is 1. The van der Waals surface area contributed by atoms with Crippen LogP contribution in [0.5, 0.6) is 0 Å². The smallest absolute Gasteiger partial charge is 0.246 e. The van der Waals surface area contributed by atoms with E-state index in [4.69, 9.17) is 0 Å². The van der Waals surface area contributed by atoms with Crippen molar-refractivity contribution in [3.8, 4) is 5.69 Å². The van der Waals surface area contributed by atoms with Crippen LogP contribution in [0.3, 0.4) is 0 Å². The maximum absolute atomic E-state index is 13.1. The summed E-state index contributed by atoms with van der Waals surface area (Å²) in [6.07, 6.45) is 6.80. The summed E-state index contributed by atoms with van der Waals surface area (Å²) < 4.78 is 29.3. The Kier molecular flexibility index (Phi) is 6.25. The van der Waals surface area contributed by atoms with Crippen molar-refractivity contribution in [1.82, 2.24) is 19.0 Å². The lowest BCUT2D eigenvalue weighted by Gasteiger charge is -2.33. The zero-order chi connectivity index (χ0) is 22.7. The Morgan fingerprint density at radius 3 is 2.44 bits per heavy atom. The fourth-order valence-corrected chi connectivity index (χ4v) is 5.42. The molecule has 1 aliphatic rings. The van der Waals surface area contributed by atoms with Gasteiger partial charge in [0, 0.05) is 44.0 Å². The van der Waals surface area contributed by atoms with Crippen molar-refractivity contribution in [3.63, 3.8) is 0 Å². The fourth-order valence-electron chi connectivity index (χ4n) is 3.69. The summed E-state index contributed by atoms with van der Waals surface area (Å²) in [6, 6.07) is 15.2. The minimum absolute atomic E-state index is 0.138. The van der Waals surface area contributed by atoms with Gasteiger partial charge in [-0.1, -0.05) is 30.3 Å². The van der Waals surface area contributed by atoms with E-state index < -0.39 is 10.0 Å². The van der Waals surface area contributed by atoms with Crippen molar-refractivity contribution >= 4 is 22.0 Å². The number of rotatable bonds is 5. The minimum Gasteiger partial charge on any atom is -0.337 e. The molecule has 7 nitrogen and oxygen atoms in total. The molecular weight excluding hydrogens is 424 g/mol. The number of nitrogens with zero attached hydrogens (tertiary/aromatic N) is 4. The number of carbonyl (C=O) groups excluding carboxylic acids is 1. The number of aryl methyl sites for hydroxylation is 2. The molecule has 0 unspecified atom stereocenters. The fraction of sp³-hybridized carbons (Fsp3) is 0.250. The third-order valence-corrected chi connectivity index (χ3v) is 7.59. The average Bonchev–Trinajstić information content (AvgIpc) is 3.29. The Morgan fingerprint density at radius 1 is 1.00 bits per heavy atom. The highest BCUT2D eigenvalue weighted by Crippen LogP contribution is 2.22. The second-order valence-corrected chi connectivity index (χ2v) is 9.79. The number of para-hydroxylation sites is 1. The summed E-state index contributed by atoms with van der Waals surface area (Å²) in [6.45, 7) is 4.96. The van der Waals surface area contributed by atoms with Crippen molar-refractivity contribution in [2.45, 2.75) is 18.7 Å². The number of sulfonamides is 1. The van der Waals surface area contributed by atoms with E-state index in [1.165, 1.54) is 10.4 Å². The van der Waals surface area contributed by atoms with Crippen molar-refractivity contribution in [2.24, 2.45) is 0 Å². The number of amides is 1. The lowest BCUT2D eigenvalue weighted by Crippen LogP contribution is -2.50. The molecule has 0 radical (unpaired) electrons. The molecule has 4 rings (SSSR count). The van der Waals surface area contributed by atoms with E-state index in [1.54, 1.807) is 34.8 Å². The third-order valence-electron chi connectivity index (χ3n) is 5.55. The van der Waals surface area contributed by atoms with Gasteiger partial charge in [-0.15, -0.1) is 0 Å². The SMILES string of the molecule is Cc1ccc(C)c(S(=O)(=O)N2CCN(C(=O)/C=C/c3cnn(-c4ccccc4)c3)CC2)c1. The summed E-state index contributed by atoms with van der Waals surface area (Å²) in [5, 5.41) is 4.32. The average molecular weight is 451 g/mol. The molecular formula is C24H26N4O3S. The Labute approximate surface area is 188 Å². The molecule has 32 heavy (non-hydrogen) atoms. The van der Waals surface area contributed by atoms with Crippen LogP contribution in [0.1, 0.15) is 16.7 Å². The maximum atomic E-state index is 13.1. The summed E-state index contributed by atoms with van der Waals surface area (Å²) in [7, 11) is -3.58. The van der Waals surface area contributed by atoms with Crippen molar-refractivity contribution < 1.29 is 13.2 Å². The Hall–Kier alpha value is -3.23. The standard InChI is InChI=1S/C24H26N4O3S/c1-19-8-9-20(2)23(16-19)32(30,31)27-14-12-26(13-15-27)24(29)11-10-21-17-25-28(18-21)22-6-4-3-5-7-22/h3-11,16-18H,12-15H2,1-2H3/b11-10+. The van der Waals surface area contributed by atoms with Gasteiger partial charge in [0.2, 0.25) is 15.9 Å². The number of hydrogen-bond acceptors (Lipinski definition) is 4. The highest BCUT2D eigenvalue weighted by atomic mass is 32.2.